The first-order chi connectivity index (χ1) is 18.3. The lowest BCUT2D eigenvalue weighted by molar-refractivity contribution is -0.149. The van der Waals surface area contributed by atoms with Crippen LogP contribution in [0.15, 0.2) is 91.0 Å². The maximum Gasteiger partial charge on any atom is 0.346 e. The van der Waals surface area contributed by atoms with E-state index in [1.54, 1.807) is 92.7 Å². The Morgan fingerprint density at radius 3 is 1.84 bits per heavy atom. The Morgan fingerprint density at radius 2 is 1.37 bits per heavy atom. The minimum absolute atomic E-state index is 0.0763. The summed E-state index contributed by atoms with van der Waals surface area (Å²) in [6, 6.07) is 26.1. The van der Waals surface area contributed by atoms with Crippen molar-refractivity contribution in [1.29, 1.82) is 0 Å². The molecule has 3 aromatic carbocycles. The van der Waals surface area contributed by atoms with Crippen molar-refractivity contribution in [3.05, 3.63) is 119 Å². The molecule has 1 unspecified atom stereocenters. The molecule has 0 aliphatic carbocycles. The highest BCUT2D eigenvalue weighted by molar-refractivity contribution is 5.89. The fourth-order valence-corrected chi connectivity index (χ4v) is 4.39. The number of esters is 1. The van der Waals surface area contributed by atoms with Crippen molar-refractivity contribution in [1.82, 2.24) is 9.97 Å². The molecule has 0 aliphatic heterocycles. The van der Waals surface area contributed by atoms with E-state index in [1.807, 2.05) is 12.1 Å². The van der Waals surface area contributed by atoms with Crippen molar-refractivity contribution < 1.29 is 28.9 Å². The summed E-state index contributed by atoms with van der Waals surface area (Å²) < 4.78 is 17.0. The average molecular weight is 513 g/mol. The molecule has 38 heavy (non-hydrogen) atoms. The number of carboxylic acid groups (broad SMARTS) is 1. The van der Waals surface area contributed by atoms with Crippen LogP contribution in [0.2, 0.25) is 0 Å². The predicted molar refractivity (Wildman–Crippen MR) is 140 cm³/mol. The van der Waals surface area contributed by atoms with Crippen molar-refractivity contribution >= 4 is 11.9 Å². The van der Waals surface area contributed by atoms with Gasteiger partial charge in [-0.2, -0.15) is 0 Å². The summed E-state index contributed by atoms with van der Waals surface area (Å²) >= 11 is 0. The van der Waals surface area contributed by atoms with E-state index < -0.39 is 23.5 Å². The predicted octanol–water partition coefficient (Wildman–Crippen LogP) is 4.78. The molecule has 194 valence electrons. The molecule has 0 bridgehead atoms. The van der Waals surface area contributed by atoms with Crippen LogP contribution in [-0.2, 0) is 14.9 Å². The molecule has 0 fully saturated rings. The van der Waals surface area contributed by atoms with Crippen LogP contribution >= 0.6 is 0 Å². The maximum atomic E-state index is 13.1. The van der Waals surface area contributed by atoms with Gasteiger partial charge in [0.05, 0.1) is 12.7 Å². The minimum Gasteiger partial charge on any atom is -0.497 e. The van der Waals surface area contributed by atoms with Crippen molar-refractivity contribution in [2.75, 3.05) is 13.7 Å². The lowest BCUT2D eigenvalue weighted by atomic mass is 9.70. The smallest absolute Gasteiger partial charge is 0.346 e. The Hall–Kier alpha value is -4.72. The number of nitrogens with zero attached hydrogens (tertiary/aromatic N) is 2. The van der Waals surface area contributed by atoms with Crippen LogP contribution < -0.4 is 9.47 Å². The fraction of sp³-hybridized carbons (Fsp3) is 0.200. The van der Waals surface area contributed by atoms with Crippen molar-refractivity contribution in [2.24, 2.45) is 0 Å². The highest BCUT2D eigenvalue weighted by Gasteiger charge is 2.50. The molecule has 1 atom stereocenters. The third kappa shape index (κ3) is 5.64. The Kier molecular flexibility index (Phi) is 8.01. The highest BCUT2D eigenvalue weighted by atomic mass is 16.5. The summed E-state index contributed by atoms with van der Waals surface area (Å²) in [5, 5.41) is 10.5. The second-order valence-corrected chi connectivity index (χ2v) is 8.78. The number of aryl methyl sites for hydroxylation is 2. The Bertz CT molecular complexity index is 1330. The van der Waals surface area contributed by atoms with E-state index in [1.165, 1.54) is 7.11 Å². The van der Waals surface area contributed by atoms with Crippen LogP contribution in [0, 0.1) is 13.8 Å². The molecule has 8 nitrogen and oxygen atoms in total. The molecule has 0 spiro atoms. The van der Waals surface area contributed by atoms with Gasteiger partial charge in [0.1, 0.15) is 17.8 Å². The lowest BCUT2D eigenvalue weighted by Gasteiger charge is -2.38. The summed E-state index contributed by atoms with van der Waals surface area (Å²) in [5.41, 5.74) is 1.29. The summed E-state index contributed by atoms with van der Waals surface area (Å²) in [6.07, 6.45) is -1.54. The molecule has 0 saturated heterocycles. The number of carbonyl (C=O) groups is 2. The zero-order valence-electron chi connectivity index (χ0n) is 21.3. The molecule has 0 saturated carbocycles. The number of rotatable bonds is 10. The number of aromatic nitrogens is 2. The van der Waals surface area contributed by atoms with Gasteiger partial charge < -0.3 is 19.3 Å². The van der Waals surface area contributed by atoms with E-state index in [0.29, 0.717) is 33.8 Å². The monoisotopic (exact) mass is 512 g/mol. The third-order valence-electron chi connectivity index (χ3n) is 6.19. The summed E-state index contributed by atoms with van der Waals surface area (Å²) in [6.45, 7) is 3.22. The van der Waals surface area contributed by atoms with E-state index in [2.05, 4.69) is 9.97 Å². The van der Waals surface area contributed by atoms with Crippen LogP contribution in [0.5, 0.6) is 11.8 Å². The minimum atomic E-state index is -1.54. The second kappa shape index (κ2) is 11.6. The molecule has 0 aliphatic rings. The van der Waals surface area contributed by atoms with E-state index in [0.717, 1.165) is 0 Å². The van der Waals surface area contributed by atoms with Gasteiger partial charge in [-0.05, 0) is 55.3 Å². The quantitative estimate of drug-likeness (QED) is 0.303. The Morgan fingerprint density at radius 1 is 0.842 bits per heavy atom. The standard InChI is InChI=1S/C30H28N2O6/c1-20-18-21(2)32-29(31-20)38-26(27(33)34)30(23-10-6-4-7-11-23,24-12-8-5-9-13-24)19-37-28(35)22-14-16-25(36-3)17-15-22/h4-18,26H,19H2,1-3H3,(H,33,34). The number of hydrogen-bond acceptors (Lipinski definition) is 7. The SMILES string of the molecule is COc1ccc(C(=O)OCC(c2ccccc2)(c2ccccc2)C(Oc2nc(C)cc(C)n2)C(=O)O)cc1. The normalized spacial score (nSPS) is 11.9. The zero-order chi connectivity index (χ0) is 27.1. The van der Waals surface area contributed by atoms with Gasteiger partial charge in [0.2, 0.25) is 6.10 Å². The van der Waals surface area contributed by atoms with E-state index in [9.17, 15) is 14.7 Å². The van der Waals surface area contributed by atoms with Crippen LogP contribution in [0.25, 0.3) is 0 Å². The third-order valence-corrected chi connectivity index (χ3v) is 6.19. The Labute approximate surface area is 220 Å². The van der Waals surface area contributed by atoms with Crippen molar-refractivity contribution in [2.45, 2.75) is 25.4 Å². The number of benzene rings is 3. The molecule has 0 amide bonds. The van der Waals surface area contributed by atoms with Gasteiger partial charge >= 0.3 is 17.9 Å². The molecule has 4 rings (SSSR count). The fourth-order valence-electron chi connectivity index (χ4n) is 4.39. The average Bonchev–Trinajstić information content (AvgIpc) is 2.93. The van der Waals surface area contributed by atoms with Crippen LogP contribution in [-0.4, -0.2) is 46.8 Å². The van der Waals surface area contributed by atoms with Crippen molar-refractivity contribution in [3.63, 3.8) is 0 Å². The zero-order valence-corrected chi connectivity index (χ0v) is 21.3. The second-order valence-electron chi connectivity index (χ2n) is 8.78. The number of methoxy groups -OCH3 is 1. The van der Waals surface area contributed by atoms with Crippen molar-refractivity contribution in [3.8, 4) is 11.8 Å². The molecule has 8 heteroatoms. The lowest BCUT2D eigenvalue weighted by Crippen LogP contribution is -2.52. The number of ether oxygens (including phenoxy) is 3. The van der Waals surface area contributed by atoms with Gasteiger partial charge in [-0.25, -0.2) is 19.6 Å². The molecule has 1 heterocycles. The Balaban J connectivity index is 1.83. The molecular weight excluding hydrogens is 484 g/mol. The highest BCUT2D eigenvalue weighted by Crippen LogP contribution is 2.38. The summed E-state index contributed by atoms with van der Waals surface area (Å²) in [4.78, 5) is 34.6. The van der Waals surface area contributed by atoms with Gasteiger partial charge in [0.25, 0.3) is 0 Å². The molecule has 4 aromatic rings. The van der Waals surface area contributed by atoms with E-state index in [4.69, 9.17) is 14.2 Å². The first-order valence-corrected chi connectivity index (χ1v) is 12.0. The number of carboxylic acids is 1. The van der Waals surface area contributed by atoms with Gasteiger partial charge in [-0.3, -0.25) is 0 Å². The number of aliphatic carboxylic acids is 1. The topological polar surface area (TPSA) is 108 Å². The first kappa shape index (κ1) is 26.3. The van der Waals surface area contributed by atoms with Gasteiger partial charge in [-0.15, -0.1) is 0 Å². The summed E-state index contributed by atoms with van der Waals surface area (Å²) in [7, 11) is 1.53. The number of hydrogen-bond donors (Lipinski definition) is 1. The van der Waals surface area contributed by atoms with Crippen LogP contribution in [0.3, 0.4) is 0 Å². The van der Waals surface area contributed by atoms with Gasteiger partial charge in [0.15, 0.2) is 0 Å². The molecule has 1 N–H and O–H groups in total. The van der Waals surface area contributed by atoms with E-state index >= 15 is 0 Å². The maximum absolute atomic E-state index is 13.1. The first-order valence-electron chi connectivity index (χ1n) is 12.0. The van der Waals surface area contributed by atoms with Gasteiger partial charge in [-0.1, -0.05) is 60.7 Å². The van der Waals surface area contributed by atoms with Crippen LogP contribution in [0.4, 0.5) is 0 Å². The number of carbonyl (C=O) groups excluding carboxylic acids is 1. The molecular formula is C30H28N2O6. The van der Waals surface area contributed by atoms with Gasteiger partial charge in [0, 0.05) is 11.4 Å². The van der Waals surface area contributed by atoms with E-state index in [-0.39, 0.29) is 12.6 Å². The summed E-state index contributed by atoms with van der Waals surface area (Å²) in [5.74, 6) is -1.28. The molecule has 1 aromatic heterocycles. The molecule has 0 radical (unpaired) electrons. The largest absolute Gasteiger partial charge is 0.497 e. The van der Waals surface area contributed by atoms with Crippen LogP contribution in [0.1, 0.15) is 32.9 Å².